The van der Waals surface area contributed by atoms with Gasteiger partial charge in [0.25, 0.3) is 0 Å². The van der Waals surface area contributed by atoms with Gasteiger partial charge >= 0.3 is 0 Å². The van der Waals surface area contributed by atoms with E-state index in [0.29, 0.717) is 6.42 Å². The van der Waals surface area contributed by atoms with Crippen molar-refractivity contribution < 1.29 is 4.79 Å². The summed E-state index contributed by atoms with van der Waals surface area (Å²) in [7, 11) is 0. The van der Waals surface area contributed by atoms with Crippen LogP contribution in [0, 0.1) is 0 Å². The van der Waals surface area contributed by atoms with E-state index < -0.39 is 0 Å². The first-order chi connectivity index (χ1) is 11.8. The van der Waals surface area contributed by atoms with Gasteiger partial charge in [-0.2, -0.15) is 5.10 Å². The molecule has 4 aromatic rings. The number of carbonyl (C=O) groups is 1. The third-order valence-electron chi connectivity index (χ3n) is 4.74. The van der Waals surface area contributed by atoms with Gasteiger partial charge in [0.15, 0.2) is 5.78 Å². The van der Waals surface area contributed by atoms with Crippen molar-refractivity contribution in [1.82, 2.24) is 19.7 Å². The predicted octanol–water partition coefficient (Wildman–Crippen LogP) is 3.60. The Kier molecular flexibility index (Phi) is 2.70. The summed E-state index contributed by atoms with van der Waals surface area (Å²) in [6, 6.07) is 13.9. The number of ketones is 1. The highest BCUT2D eigenvalue weighted by molar-refractivity contribution is 6.00. The van der Waals surface area contributed by atoms with Crippen LogP contribution in [0.4, 0.5) is 0 Å². The Hall–Kier alpha value is -3.21. The number of nitrogens with one attached hydrogen (secondary N) is 1. The summed E-state index contributed by atoms with van der Waals surface area (Å²) >= 11 is 0. The summed E-state index contributed by atoms with van der Waals surface area (Å²) in [5.41, 5.74) is 5.09. The van der Waals surface area contributed by atoms with Crippen LogP contribution in [0.5, 0.6) is 0 Å². The number of carbonyl (C=O) groups excluding carboxylic acids is 1. The van der Waals surface area contributed by atoms with Gasteiger partial charge < -0.3 is 4.57 Å². The lowest BCUT2D eigenvalue weighted by atomic mass is 9.96. The SMILES string of the molecule is O=C(CC1c2ccccc2-c2cncn21)c1ccc2[nH]ncc2c1. The van der Waals surface area contributed by atoms with Gasteiger partial charge in [-0.3, -0.25) is 9.89 Å². The number of aromatic nitrogens is 4. The van der Waals surface area contributed by atoms with Crippen LogP contribution in [0.2, 0.25) is 0 Å². The number of aromatic amines is 1. The van der Waals surface area contributed by atoms with Crippen LogP contribution in [-0.2, 0) is 0 Å². The number of fused-ring (bicyclic) bond motifs is 4. The topological polar surface area (TPSA) is 63.6 Å². The van der Waals surface area contributed by atoms with Gasteiger partial charge in [0, 0.05) is 22.9 Å². The van der Waals surface area contributed by atoms with Crippen molar-refractivity contribution in [3.8, 4) is 11.3 Å². The number of imidazole rings is 1. The number of Topliss-reactive ketones (excluding diaryl/α,β-unsaturated/α-hetero) is 1. The first-order valence-electron chi connectivity index (χ1n) is 7.89. The fraction of sp³-hybridized carbons (Fsp3) is 0.105. The number of hydrogen-bond acceptors (Lipinski definition) is 3. The molecule has 1 aliphatic rings. The highest BCUT2D eigenvalue weighted by Crippen LogP contribution is 2.41. The van der Waals surface area contributed by atoms with E-state index in [1.165, 1.54) is 5.56 Å². The summed E-state index contributed by atoms with van der Waals surface area (Å²) < 4.78 is 2.10. The molecule has 5 heteroatoms. The second kappa shape index (κ2) is 4.89. The van der Waals surface area contributed by atoms with Gasteiger partial charge in [-0.1, -0.05) is 24.3 Å². The molecule has 0 saturated carbocycles. The smallest absolute Gasteiger partial charge is 0.165 e. The maximum atomic E-state index is 12.8. The lowest BCUT2D eigenvalue weighted by Crippen LogP contribution is -2.11. The van der Waals surface area contributed by atoms with Crippen molar-refractivity contribution in [3.63, 3.8) is 0 Å². The Bertz CT molecular complexity index is 1080. The van der Waals surface area contributed by atoms with Gasteiger partial charge in [0.1, 0.15) is 0 Å². The van der Waals surface area contributed by atoms with Crippen LogP contribution in [0.15, 0.2) is 61.2 Å². The molecule has 2 aromatic heterocycles. The van der Waals surface area contributed by atoms with E-state index >= 15 is 0 Å². The number of benzene rings is 2. The first-order valence-corrected chi connectivity index (χ1v) is 7.89. The predicted molar refractivity (Wildman–Crippen MR) is 90.8 cm³/mol. The first kappa shape index (κ1) is 13.2. The maximum Gasteiger partial charge on any atom is 0.165 e. The summed E-state index contributed by atoms with van der Waals surface area (Å²) in [5.74, 6) is 0.124. The highest BCUT2D eigenvalue weighted by Gasteiger charge is 2.29. The van der Waals surface area contributed by atoms with Gasteiger partial charge in [-0.15, -0.1) is 0 Å². The summed E-state index contributed by atoms with van der Waals surface area (Å²) in [6.45, 7) is 0. The molecule has 0 amide bonds. The minimum absolute atomic E-state index is 0.00578. The number of hydrogen-bond donors (Lipinski definition) is 1. The van der Waals surface area contributed by atoms with Crippen molar-refractivity contribution in [3.05, 3.63) is 72.3 Å². The zero-order valence-electron chi connectivity index (χ0n) is 12.8. The van der Waals surface area contributed by atoms with Crippen molar-refractivity contribution >= 4 is 16.7 Å². The van der Waals surface area contributed by atoms with Crippen LogP contribution < -0.4 is 0 Å². The fourth-order valence-corrected chi connectivity index (χ4v) is 3.55. The van der Waals surface area contributed by atoms with Crippen LogP contribution in [0.3, 0.4) is 0 Å². The summed E-state index contributed by atoms with van der Waals surface area (Å²) in [6.07, 6.45) is 5.84. The minimum Gasteiger partial charge on any atom is -0.322 e. The van der Waals surface area contributed by atoms with Crippen LogP contribution >= 0.6 is 0 Å². The van der Waals surface area contributed by atoms with E-state index in [9.17, 15) is 4.79 Å². The second-order valence-electron chi connectivity index (χ2n) is 6.09. The van der Waals surface area contributed by atoms with Crippen LogP contribution in [-0.4, -0.2) is 25.5 Å². The van der Waals surface area contributed by atoms with Gasteiger partial charge in [-0.25, -0.2) is 4.98 Å². The molecule has 1 atom stereocenters. The Morgan fingerprint density at radius 3 is 3.04 bits per heavy atom. The molecule has 5 rings (SSSR count). The zero-order valence-corrected chi connectivity index (χ0v) is 12.8. The standard InChI is InChI=1S/C19H14N4O/c24-19(12-5-6-16-13(7-12)9-21-22-16)8-17-14-3-1-2-4-15(14)18-10-20-11-23(17)18/h1-7,9-11,17H,8H2,(H,21,22). The average Bonchev–Trinajstić information content (AvgIpc) is 3.31. The maximum absolute atomic E-state index is 12.8. The van der Waals surface area contributed by atoms with Crippen molar-refractivity contribution in [2.24, 2.45) is 0 Å². The molecule has 0 saturated heterocycles. The zero-order chi connectivity index (χ0) is 16.1. The van der Waals surface area contributed by atoms with E-state index in [4.69, 9.17) is 0 Å². The third-order valence-corrected chi connectivity index (χ3v) is 4.74. The molecule has 1 unspecified atom stereocenters. The van der Waals surface area contributed by atoms with E-state index in [1.54, 1.807) is 6.20 Å². The van der Waals surface area contributed by atoms with Crippen LogP contribution in [0.25, 0.3) is 22.2 Å². The lowest BCUT2D eigenvalue weighted by molar-refractivity contribution is 0.0970. The van der Waals surface area contributed by atoms with Gasteiger partial charge in [0.05, 0.1) is 36.0 Å². The molecule has 5 nitrogen and oxygen atoms in total. The van der Waals surface area contributed by atoms with Crippen molar-refractivity contribution in [2.75, 3.05) is 0 Å². The number of rotatable bonds is 3. The van der Waals surface area contributed by atoms with Crippen LogP contribution in [0.1, 0.15) is 28.4 Å². The normalized spacial score (nSPS) is 15.4. The molecule has 3 heterocycles. The lowest BCUT2D eigenvalue weighted by Gasteiger charge is -2.14. The average molecular weight is 314 g/mol. The minimum atomic E-state index is 0.00578. The molecule has 0 bridgehead atoms. The monoisotopic (exact) mass is 314 g/mol. The van der Waals surface area contributed by atoms with E-state index in [2.05, 4.69) is 31.9 Å². The molecule has 0 fully saturated rings. The Morgan fingerprint density at radius 2 is 2.08 bits per heavy atom. The molecular formula is C19H14N4O. The van der Waals surface area contributed by atoms with Gasteiger partial charge in [-0.05, 0) is 23.8 Å². The fourth-order valence-electron chi connectivity index (χ4n) is 3.55. The second-order valence-corrected chi connectivity index (χ2v) is 6.09. The molecule has 116 valence electrons. The van der Waals surface area contributed by atoms with Crippen molar-refractivity contribution in [1.29, 1.82) is 0 Å². The molecular weight excluding hydrogens is 300 g/mol. The molecule has 0 aliphatic carbocycles. The summed E-state index contributed by atoms with van der Waals surface area (Å²) in [4.78, 5) is 17.1. The third kappa shape index (κ3) is 1.84. The largest absolute Gasteiger partial charge is 0.322 e. The van der Waals surface area contributed by atoms with E-state index in [0.717, 1.165) is 27.7 Å². The molecule has 0 radical (unpaired) electrons. The summed E-state index contributed by atoms with van der Waals surface area (Å²) in [5, 5.41) is 7.87. The number of nitrogens with zero attached hydrogens (tertiary/aromatic N) is 3. The van der Waals surface area contributed by atoms with Crippen molar-refractivity contribution in [2.45, 2.75) is 12.5 Å². The van der Waals surface area contributed by atoms with Gasteiger partial charge in [0.2, 0.25) is 0 Å². The molecule has 1 aliphatic heterocycles. The van der Waals surface area contributed by atoms with E-state index in [-0.39, 0.29) is 11.8 Å². The number of H-pyrrole nitrogens is 1. The Balaban J connectivity index is 1.52. The molecule has 0 spiro atoms. The highest BCUT2D eigenvalue weighted by atomic mass is 16.1. The molecule has 2 aromatic carbocycles. The molecule has 1 N–H and O–H groups in total. The quantitative estimate of drug-likeness (QED) is 0.588. The Labute approximate surface area is 138 Å². The van der Waals surface area contributed by atoms with E-state index in [1.807, 2.05) is 42.9 Å². The molecule has 24 heavy (non-hydrogen) atoms. The Morgan fingerprint density at radius 1 is 1.17 bits per heavy atom.